The molecule has 1 atom stereocenters. The number of hydrogen-bond acceptors (Lipinski definition) is 4. The Labute approximate surface area is 109 Å². The van der Waals surface area contributed by atoms with E-state index in [0.29, 0.717) is 6.42 Å². The second-order valence-corrected chi connectivity index (χ2v) is 4.21. The zero-order valence-corrected chi connectivity index (χ0v) is 10.8. The Balaban J connectivity index is 2.39. The smallest absolute Gasteiger partial charge is 0.372 e. The van der Waals surface area contributed by atoms with Crippen LogP contribution < -0.4 is 11.3 Å². The van der Waals surface area contributed by atoms with Crippen molar-refractivity contribution in [2.75, 3.05) is 13.2 Å². The van der Waals surface area contributed by atoms with E-state index >= 15 is 0 Å². The van der Waals surface area contributed by atoms with Crippen molar-refractivity contribution in [1.82, 2.24) is 15.2 Å². The maximum absolute atomic E-state index is 11.9. The van der Waals surface area contributed by atoms with Crippen molar-refractivity contribution in [3.63, 3.8) is 0 Å². The molecular formula is C11H19F3N4O. The summed E-state index contributed by atoms with van der Waals surface area (Å²) < 4.78 is 42.0. The molecule has 0 amide bonds. The predicted molar refractivity (Wildman–Crippen MR) is 64.1 cm³/mol. The highest BCUT2D eigenvalue weighted by Gasteiger charge is 2.27. The third-order valence-corrected chi connectivity index (χ3v) is 2.53. The van der Waals surface area contributed by atoms with Crippen molar-refractivity contribution in [3.05, 3.63) is 18.0 Å². The van der Waals surface area contributed by atoms with Crippen molar-refractivity contribution in [2.45, 2.75) is 38.5 Å². The summed E-state index contributed by atoms with van der Waals surface area (Å²) in [5.41, 5.74) is 3.40. The summed E-state index contributed by atoms with van der Waals surface area (Å²) in [6, 6.07) is -0.265. The van der Waals surface area contributed by atoms with E-state index in [4.69, 9.17) is 5.84 Å². The van der Waals surface area contributed by atoms with Gasteiger partial charge < -0.3 is 4.74 Å². The van der Waals surface area contributed by atoms with Crippen molar-refractivity contribution >= 4 is 0 Å². The van der Waals surface area contributed by atoms with E-state index in [1.54, 1.807) is 10.9 Å². The van der Waals surface area contributed by atoms with Crippen LogP contribution in [0.4, 0.5) is 13.2 Å². The molecule has 1 aromatic rings. The SMILES string of the molecule is CCCn1cc(C(CCOCC(F)(F)F)NN)cn1. The second kappa shape index (κ2) is 7.46. The van der Waals surface area contributed by atoms with Crippen LogP contribution in [-0.2, 0) is 11.3 Å². The summed E-state index contributed by atoms with van der Waals surface area (Å²) in [5, 5.41) is 4.14. The van der Waals surface area contributed by atoms with Gasteiger partial charge >= 0.3 is 6.18 Å². The van der Waals surface area contributed by atoms with Gasteiger partial charge in [0.1, 0.15) is 6.61 Å². The first-order chi connectivity index (χ1) is 8.96. The lowest BCUT2D eigenvalue weighted by molar-refractivity contribution is -0.174. The zero-order chi connectivity index (χ0) is 14.3. The highest BCUT2D eigenvalue weighted by molar-refractivity contribution is 5.09. The van der Waals surface area contributed by atoms with Gasteiger partial charge in [0.25, 0.3) is 0 Å². The Morgan fingerprint density at radius 3 is 2.84 bits per heavy atom. The number of hydrazine groups is 1. The fourth-order valence-electron chi connectivity index (χ4n) is 1.65. The molecule has 5 nitrogen and oxygen atoms in total. The number of nitrogens with two attached hydrogens (primary N) is 1. The minimum atomic E-state index is -4.29. The third kappa shape index (κ3) is 6.04. The first kappa shape index (κ1) is 15.9. The summed E-state index contributed by atoms with van der Waals surface area (Å²) in [6.07, 6.45) is 0.500. The highest BCUT2D eigenvalue weighted by Crippen LogP contribution is 2.17. The van der Waals surface area contributed by atoms with E-state index < -0.39 is 12.8 Å². The van der Waals surface area contributed by atoms with Crippen molar-refractivity contribution in [3.8, 4) is 0 Å². The molecule has 8 heteroatoms. The van der Waals surface area contributed by atoms with Crippen LogP contribution in [0.1, 0.15) is 31.4 Å². The molecule has 0 bridgehead atoms. The van der Waals surface area contributed by atoms with Gasteiger partial charge in [-0.25, -0.2) is 0 Å². The fraction of sp³-hybridized carbons (Fsp3) is 0.727. The van der Waals surface area contributed by atoms with E-state index in [9.17, 15) is 13.2 Å². The maximum atomic E-state index is 11.9. The maximum Gasteiger partial charge on any atom is 0.411 e. The minimum Gasteiger partial charge on any atom is -0.372 e. The molecule has 0 aliphatic carbocycles. The van der Waals surface area contributed by atoms with E-state index in [2.05, 4.69) is 15.3 Å². The molecule has 0 aliphatic heterocycles. The summed E-state index contributed by atoms with van der Waals surface area (Å²) in [7, 11) is 0. The Morgan fingerprint density at radius 1 is 1.53 bits per heavy atom. The highest BCUT2D eigenvalue weighted by atomic mass is 19.4. The Bertz CT molecular complexity index is 367. The van der Waals surface area contributed by atoms with Crippen molar-refractivity contribution in [1.29, 1.82) is 0 Å². The van der Waals surface area contributed by atoms with Crippen LogP contribution in [0.3, 0.4) is 0 Å². The first-order valence-corrected chi connectivity index (χ1v) is 6.09. The van der Waals surface area contributed by atoms with E-state index in [-0.39, 0.29) is 12.6 Å². The average Bonchev–Trinajstić information content (AvgIpc) is 2.77. The number of aryl methyl sites for hydroxylation is 1. The lowest BCUT2D eigenvalue weighted by Gasteiger charge is -2.14. The molecule has 0 radical (unpaired) electrons. The predicted octanol–water partition coefficient (Wildman–Crippen LogP) is 1.77. The topological polar surface area (TPSA) is 65.1 Å². The molecule has 0 aromatic carbocycles. The lowest BCUT2D eigenvalue weighted by Crippen LogP contribution is -2.29. The average molecular weight is 280 g/mol. The van der Waals surface area contributed by atoms with Gasteiger partial charge in [0, 0.05) is 24.9 Å². The number of halogens is 3. The second-order valence-electron chi connectivity index (χ2n) is 4.21. The van der Waals surface area contributed by atoms with Gasteiger partial charge in [0.2, 0.25) is 0 Å². The molecule has 1 aromatic heterocycles. The summed E-state index contributed by atoms with van der Waals surface area (Å²) in [6.45, 7) is 1.57. The normalized spacial score (nSPS) is 13.7. The summed E-state index contributed by atoms with van der Waals surface area (Å²) in [5.74, 6) is 5.39. The number of hydrogen-bond donors (Lipinski definition) is 2. The van der Waals surface area contributed by atoms with Crippen LogP contribution in [0, 0.1) is 0 Å². The van der Waals surface area contributed by atoms with Gasteiger partial charge in [-0.15, -0.1) is 0 Å². The van der Waals surface area contributed by atoms with Crippen LogP contribution in [0.15, 0.2) is 12.4 Å². The summed E-state index contributed by atoms with van der Waals surface area (Å²) in [4.78, 5) is 0. The van der Waals surface area contributed by atoms with E-state index in [0.717, 1.165) is 18.5 Å². The number of ether oxygens (including phenoxy) is 1. The third-order valence-electron chi connectivity index (χ3n) is 2.53. The first-order valence-electron chi connectivity index (χ1n) is 6.09. The molecule has 1 heterocycles. The van der Waals surface area contributed by atoms with E-state index in [1.807, 2.05) is 13.1 Å². The standard InChI is InChI=1S/C11H19F3N4O/c1-2-4-18-7-9(6-16-18)10(17-15)3-5-19-8-11(12,13)14/h6-7,10,17H,2-5,8,15H2,1H3. The quantitative estimate of drug-likeness (QED) is 0.433. The van der Waals surface area contributed by atoms with Crippen LogP contribution in [0.2, 0.25) is 0 Å². The van der Waals surface area contributed by atoms with Crippen molar-refractivity contribution in [2.24, 2.45) is 5.84 Å². The lowest BCUT2D eigenvalue weighted by atomic mass is 10.1. The van der Waals surface area contributed by atoms with Crippen LogP contribution >= 0.6 is 0 Å². The van der Waals surface area contributed by atoms with Crippen LogP contribution in [0.25, 0.3) is 0 Å². The number of nitrogens with one attached hydrogen (secondary N) is 1. The molecule has 0 spiro atoms. The molecule has 19 heavy (non-hydrogen) atoms. The van der Waals surface area contributed by atoms with E-state index in [1.165, 1.54) is 0 Å². The van der Waals surface area contributed by atoms with Crippen molar-refractivity contribution < 1.29 is 17.9 Å². The number of alkyl halides is 3. The number of aromatic nitrogens is 2. The molecule has 110 valence electrons. The monoisotopic (exact) mass is 280 g/mol. The van der Waals surface area contributed by atoms with Crippen LogP contribution in [-0.4, -0.2) is 29.2 Å². The van der Waals surface area contributed by atoms with Gasteiger partial charge in [-0.05, 0) is 12.8 Å². The molecule has 1 rings (SSSR count). The molecule has 1 unspecified atom stereocenters. The molecule has 0 saturated carbocycles. The van der Waals surface area contributed by atoms with Gasteiger partial charge in [0.15, 0.2) is 0 Å². The number of nitrogens with zero attached hydrogens (tertiary/aromatic N) is 2. The molecule has 0 fully saturated rings. The molecule has 0 saturated heterocycles. The molecule has 0 aliphatic rings. The largest absolute Gasteiger partial charge is 0.411 e. The van der Waals surface area contributed by atoms with Gasteiger partial charge in [0.05, 0.1) is 12.2 Å². The van der Waals surface area contributed by atoms with Gasteiger partial charge in [-0.2, -0.15) is 18.3 Å². The van der Waals surface area contributed by atoms with Gasteiger partial charge in [-0.1, -0.05) is 6.92 Å². The fourth-order valence-corrected chi connectivity index (χ4v) is 1.65. The Hall–Kier alpha value is -1.12. The molecule has 3 N–H and O–H groups in total. The molecular weight excluding hydrogens is 261 g/mol. The Kier molecular flexibility index (Phi) is 6.26. The number of rotatable bonds is 8. The van der Waals surface area contributed by atoms with Crippen LogP contribution in [0.5, 0.6) is 0 Å². The Morgan fingerprint density at radius 2 is 2.26 bits per heavy atom. The summed E-state index contributed by atoms with van der Waals surface area (Å²) >= 11 is 0. The van der Waals surface area contributed by atoms with Gasteiger partial charge in [-0.3, -0.25) is 16.0 Å². The minimum absolute atomic E-state index is 0.0205. The zero-order valence-electron chi connectivity index (χ0n) is 10.8.